The zero-order chi connectivity index (χ0) is 12.7. The third-order valence-electron chi connectivity index (χ3n) is 2.70. The first kappa shape index (κ1) is 14.1. The number of nitrogens with one attached hydrogen (secondary N) is 1. The first-order chi connectivity index (χ1) is 8.13. The van der Waals surface area contributed by atoms with Gasteiger partial charge in [0.05, 0.1) is 5.75 Å². The first-order valence-electron chi connectivity index (χ1n) is 6.10. The number of hydrogen-bond donors (Lipinski definition) is 1. The highest BCUT2D eigenvalue weighted by atomic mass is 32.2. The first-order valence-corrected chi connectivity index (χ1v) is 7.08. The molecule has 1 N–H and O–H groups in total. The van der Waals surface area contributed by atoms with Crippen LogP contribution in [0.1, 0.15) is 30.9 Å². The van der Waals surface area contributed by atoms with E-state index < -0.39 is 0 Å². The van der Waals surface area contributed by atoms with Crippen molar-refractivity contribution in [3.63, 3.8) is 0 Å². The van der Waals surface area contributed by atoms with Crippen molar-refractivity contribution in [3.8, 4) is 0 Å². The predicted octanol–water partition coefficient (Wildman–Crippen LogP) is 3.31. The highest BCUT2D eigenvalue weighted by Gasteiger charge is 2.02. The molecule has 1 rings (SSSR count). The molecule has 1 amide bonds. The van der Waals surface area contributed by atoms with Crippen LogP contribution >= 0.6 is 11.8 Å². The monoisotopic (exact) mass is 251 g/mol. The van der Waals surface area contributed by atoms with Gasteiger partial charge in [-0.2, -0.15) is 0 Å². The van der Waals surface area contributed by atoms with E-state index >= 15 is 0 Å². The van der Waals surface area contributed by atoms with Crippen LogP contribution in [0.2, 0.25) is 0 Å². The van der Waals surface area contributed by atoms with Gasteiger partial charge in [0.25, 0.3) is 0 Å². The van der Waals surface area contributed by atoms with Gasteiger partial charge >= 0.3 is 0 Å². The highest BCUT2D eigenvalue weighted by Crippen LogP contribution is 2.20. The fraction of sp³-hybridized carbons (Fsp3) is 0.500. The van der Waals surface area contributed by atoms with Gasteiger partial charge in [-0.3, -0.25) is 4.79 Å². The van der Waals surface area contributed by atoms with E-state index in [1.165, 1.54) is 16.0 Å². The Morgan fingerprint density at radius 1 is 1.29 bits per heavy atom. The van der Waals surface area contributed by atoms with Crippen molar-refractivity contribution in [2.75, 3.05) is 12.3 Å². The van der Waals surface area contributed by atoms with E-state index in [4.69, 9.17) is 0 Å². The Morgan fingerprint density at radius 3 is 2.71 bits per heavy atom. The minimum atomic E-state index is 0.127. The van der Waals surface area contributed by atoms with Gasteiger partial charge < -0.3 is 5.32 Å². The van der Waals surface area contributed by atoms with Gasteiger partial charge in [0.2, 0.25) is 5.91 Å². The van der Waals surface area contributed by atoms with Gasteiger partial charge in [0, 0.05) is 11.4 Å². The van der Waals surface area contributed by atoms with E-state index in [0.717, 1.165) is 19.4 Å². The molecule has 3 heteroatoms. The summed E-state index contributed by atoms with van der Waals surface area (Å²) in [6, 6.07) is 6.32. The van der Waals surface area contributed by atoms with Crippen molar-refractivity contribution in [3.05, 3.63) is 29.3 Å². The lowest BCUT2D eigenvalue weighted by Crippen LogP contribution is -2.25. The molecule has 0 aliphatic heterocycles. The largest absolute Gasteiger partial charge is 0.355 e. The summed E-state index contributed by atoms with van der Waals surface area (Å²) in [5.41, 5.74) is 2.57. The molecule has 0 saturated heterocycles. The Morgan fingerprint density at radius 2 is 2.06 bits per heavy atom. The zero-order valence-electron chi connectivity index (χ0n) is 10.9. The molecule has 0 heterocycles. The lowest BCUT2D eigenvalue weighted by molar-refractivity contribution is -0.118. The quantitative estimate of drug-likeness (QED) is 0.621. The van der Waals surface area contributed by atoms with E-state index in [9.17, 15) is 4.79 Å². The second-order valence-electron chi connectivity index (χ2n) is 4.24. The maximum atomic E-state index is 11.5. The van der Waals surface area contributed by atoms with Gasteiger partial charge in [-0.15, -0.1) is 11.8 Å². The molecule has 1 aromatic carbocycles. The zero-order valence-corrected chi connectivity index (χ0v) is 11.7. The van der Waals surface area contributed by atoms with E-state index in [1.54, 1.807) is 11.8 Å². The Kier molecular flexibility index (Phi) is 6.12. The molecule has 0 aliphatic carbocycles. The number of unbranched alkanes of at least 4 members (excludes halogenated alkanes) is 1. The van der Waals surface area contributed by atoms with Crippen LogP contribution in [0.3, 0.4) is 0 Å². The molecule has 2 nitrogen and oxygen atoms in total. The Labute approximate surface area is 108 Å². The number of carbonyl (C=O) groups is 1. The number of thioether (sulfide) groups is 1. The second kappa shape index (κ2) is 7.38. The Hall–Kier alpha value is -0.960. The second-order valence-corrected chi connectivity index (χ2v) is 5.29. The standard InChI is InChI=1S/C14H21NOS/c1-4-5-8-15-14(16)10-17-13-7-6-11(2)12(3)9-13/h6-7,9H,4-5,8,10H2,1-3H3,(H,15,16). The summed E-state index contributed by atoms with van der Waals surface area (Å²) in [7, 11) is 0. The fourth-order valence-electron chi connectivity index (χ4n) is 1.41. The molecular formula is C14H21NOS. The summed E-state index contributed by atoms with van der Waals surface area (Å²) < 4.78 is 0. The van der Waals surface area contributed by atoms with Gasteiger partial charge in [-0.25, -0.2) is 0 Å². The normalized spacial score (nSPS) is 10.3. The van der Waals surface area contributed by atoms with Crippen molar-refractivity contribution in [1.82, 2.24) is 5.32 Å². The number of benzene rings is 1. The van der Waals surface area contributed by atoms with Crippen LogP contribution < -0.4 is 5.32 Å². The average Bonchev–Trinajstić information content (AvgIpc) is 2.31. The molecular weight excluding hydrogens is 230 g/mol. The molecule has 0 bridgehead atoms. The van der Waals surface area contributed by atoms with Crippen LogP contribution in [0.4, 0.5) is 0 Å². The van der Waals surface area contributed by atoms with Crippen molar-refractivity contribution in [2.24, 2.45) is 0 Å². The smallest absolute Gasteiger partial charge is 0.230 e. The summed E-state index contributed by atoms with van der Waals surface area (Å²) in [6.45, 7) is 7.11. The Balaban J connectivity index is 2.34. The van der Waals surface area contributed by atoms with Gasteiger partial charge in [0.15, 0.2) is 0 Å². The van der Waals surface area contributed by atoms with Crippen LogP contribution in [-0.4, -0.2) is 18.2 Å². The number of rotatable bonds is 6. The SMILES string of the molecule is CCCCNC(=O)CSc1ccc(C)c(C)c1. The van der Waals surface area contributed by atoms with E-state index in [1.807, 2.05) is 0 Å². The molecule has 0 fully saturated rings. The minimum Gasteiger partial charge on any atom is -0.355 e. The van der Waals surface area contributed by atoms with Crippen LogP contribution in [0.25, 0.3) is 0 Å². The lowest BCUT2D eigenvalue weighted by Gasteiger charge is -2.06. The maximum absolute atomic E-state index is 11.5. The molecule has 94 valence electrons. The van der Waals surface area contributed by atoms with Gasteiger partial charge in [-0.1, -0.05) is 19.4 Å². The van der Waals surface area contributed by atoms with Crippen molar-refractivity contribution in [1.29, 1.82) is 0 Å². The van der Waals surface area contributed by atoms with E-state index in [-0.39, 0.29) is 5.91 Å². The molecule has 0 atom stereocenters. The molecule has 0 aliphatic rings. The highest BCUT2D eigenvalue weighted by molar-refractivity contribution is 8.00. The number of amides is 1. The predicted molar refractivity (Wildman–Crippen MR) is 74.6 cm³/mol. The molecule has 0 saturated carbocycles. The van der Waals surface area contributed by atoms with Gasteiger partial charge in [0.1, 0.15) is 0 Å². The third-order valence-corrected chi connectivity index (χ3v) is 3.69. The van der Waals surface area contributed by atoms with Crippen molar-refractivity contribution >= 4 is 17.7 Å². The lowest BCUT2D eigenvalue weighted by atomic mass is 10.1. The van der Waals surface area contributed by atoms with Crippen LogP contribution in [0.5, 0.6) is 0 Å². The maximum Gasteiger partial charge on any atom is 0.230 e. The molecule has 0 spiro atoms. The number of hydrogen-bond acceptors (Lipinski definition) is 2. The summed E-state index contributed by atoms with van der Waals surface area (Å²) >= 11 is 1.60. The number of aryl methyl sites for hydroxylation is 2. The molecule has 0 aromatic heterocycles. The molecule has 1 aromatic rings. The minimum absolute atomic E-state index is 0.127. The van der Waals surface area contributed by atoms with Crippen LogP contribution in [0.15, 0.2) is 23.1 Å². The summed E-state index contributed by atoms with van der Waals surface area (Å²) in [5.74, 6) is 0.633. The molecule has 0 radical (unpaired) electrons. The average molecular weight is 251 g/mol. The van der Waals surface area contributed by atoms with Crippen molar-refractivity contribution < 1.29 is 4.79 Å². The fourth-order valence-corrected chi connectivity index (χ4v) is 2.23. The van der Waals surface area contributed by atoms with Gasteiger partial charge in [-0.05, 0) is 43.5 Å². The van der Waals surface area contributed by atoms with E-state index in [0.29, 0.717) is 5.75 Å². The Bertz CT molecular complexity index is 376. The topological polar surface area (TPSA) is 29.1 Å². The van der Waals surface area contributed by atoms with Crippen LogP contribution in [-0.2, 0) is 4.79 Å². The third kappa shape index (κ3) is 5.26. The summed E-state index contributed by atoms with van der Waals surface area (Å²) in [4.78, 5) is 12.7. The molecule has 0 unspecified atom stereocenters. The number of carbonyl (C=O) groups excluding carboxylic acids is 1. The van der Waals surface area contributed by atoms with Crippen LogP contribution in [0, 0.1) is 13.8 Å². The van der Waals surface area contributed by atoms with E-state index in [2.05, 4.69) is 44.3 Å². The van der Waals surface area contributed by atoms with Crippen molar-refractivity contribution in [2.45, 2.75) is 38.5 Å². The summed E-state index contributed by atoms with van der Waals surface area (Å²) in [5, 5.41) is 2.92. The summed E-state index contributed by atoms with van der Waals surface area (Å²) in [6.07, 6.45) is 2.17. The molecule has 17 heavy (non-hydrogen) atoms.